The number of hydrogen-bond donors (Lipinski definition) is 1. The summed E-state index contributed by atoms with van der Waals surface area (Å²) in [6.07, 6.45) is -0.964. The van der Waals surface area contributed by atoms with Crippen molar-refractivity contribution in [1.82, 2.24) is 5.32 Å². The van der Waals surface area contributed by atoms with E-state index in [1.54, 1.807) is 0 Å². The largest absolute Gasteiger partial charge is 0.494 e. The highest BCUT2D eigenvalue weighted by molar-refractivity contribution is 5.85. The lowest BCUT2D eigenvalue weighted by Gasteiger charge is -2.22. The van der Waals surface area contributed by atoms with Crippen LogP contribution in [0.1, 0.15) is 24.8 Å². The van der Waals surface area contributed by atoms with Crippen molar-refractivity contribution in [1.29, 1.82) is 0 Å². The van der Waals surface area contributed by atoms with E-state index in [9.17, 15) is 13.2 Å². The quantitative estimate of drug-likeness (QED) is 0.911. The number of alkyl halides is 3. The van der Waals surface area contributed by atoms with Gasteiger partial charge in [0.15, 0.2) is 0 Å². The molecule has 0 spiro atoms. The van der Waals surface area contributed by atoms with E-state index in [4.69, 9.17) is 4.74 Å². The first-order chi connectivity index (χ1) is 9.05. The van der Waals surface area contributed by atoms with E-state index in [1.165, 1.54) is 25.0 Å². The number of piperidine rings is 1. The molecule has 6 heteroatoms. The van der Waals surface area contributed by atoms with Gasteiger partial charge in [-0.05, 0) is 62.5 Å². The molecule has 1 aromatic rings. The third-order valence-electron chi connectivity index (χ3n) is 3.38. The van der Waals surface area contributed by atoms with Crippen LogP contribution in [0.25, 0.3) is 0 Å². The van der Waals surface area contributed by atoms with Gasteiger partial charge in [0.1, 0.15) is 5.75 Å². The molecular weight excluding hydrogens is 291 g/mol. The predicted octanol–water partition coefficient (Wildman–Crippen LogP) is 3.90. The fraction of sp³-hybridized carbons (Fsp3) is 0.571. The van der Waals surface area contributed by atoms with Crippen LogP contribution in [0.2, 0.25) is 0 Å². The molecule has 114 valence electrons. The number of halogens is 4. The zero-order valence-electron chi connectivity index (χ0n) is 11.1. The summed E-state index contributed by atoms with van der Waals surface area (Å²) in [5.41, 5.74) is -0.642. The van der Waals surface area contributed by atoms with E-state index >= 15 is 0 Å². The lowest BCUT2D eigenvalue weighted by Crippen LogP contribution is -2.30. The fourth-order valence-corrected chi connectivity index (χ4v) is 2.25. The van der Waals surface area contributed by atoms with Crippen LogP contribution in [0.15, 0.2) is 24.3 Å². The van der Waals surface area contributed by atoms with Crippen molar-refractivity contribution in [3.8, 4) is 5.75 Å². The molecule has 1 aliphatic heterocycles. The van der Waals surface area contributed by atoms with Gasteiger partial charge in [0.05, 0.1) is 12.2 Å². The van der Waals surface area contributed by atoms with Crippen molar-refractivity contribution >= 4 is 12.4 Å². The molecule has 1 saturated heterocycles. The number of rotatable bonds is 4. The van der Waals surface area contributed by atoms with Crippen LogP contribution in [-0.2, 0) is 6.18 Å². The summed E-state index contributed by atoms with van der Waals surface area (Å²) in [6, 6.07) is 4.86. The van der Waals surface area contributed by atoms with E-state index in [0.29, 0.717) is 18.3 Å². The third kappa shape index (κ3) is 5.21. The molecule has 20 heavy (non-hydrogen) atoms. The summed E-state index contributed by atoms with van der Waals surface area (Å²) in [5.74, 6) is 1.11. The van der Waals surface area contributed by atoms with Crippen molar-refractivity contribution in [3.63, 3.8) is 0 Å². The lowest BCUT2D eigenvalue weighted by molar-refractivity contribution is -0.137. The minimum absolute atomic E-state index is 0. The molecule has 1 fully saturated rings. The first-order valence-corrected chi connectivity index (χ1v) is 6.56. The Labute approximate surface area is 123 Å². The number of nitrogens with one attached hydrogen (secondary N) is 1. The highest BCUT2D eigenvalue weighted by Crippen LogP contribution is 2.30. The zero-order valence-corrected chi connectivity index (χ0v) is 11.9. The van der Waals surface area contributed by atoms with Crippen molar-refractivity contribution in [2.75, 3.05) is 19.7 Å². The second-order valence-corrected chi connectivity index (χ2v) is 4.87. The summed E-state index contributed by atoms with van der Waals surface area (Å²) in [5, 5.41) is 3.33. The van der Waals surface area contributed by atoms with Gasteiger partial charge in [0, 0.05) is 0 Å². The molecule has 1 unspecified atom stereocenters. The fourth-order valence-electron chi connectivity index (χ4n) is 2.25. The van der Waals surface area contributed by atoms with Crippen LogP contribution >= 0.6 is 12.4 Å². The highest BCUT2D eigenvalue weighted by atomic mass is 35.5. The molecule has 1 N–H and O–H groups in total. The highest BCUT2D eigenvalue weighted by Gasteiger charge is 2.30. The molecule has 2 nitrogen and oxygen atoms in total. The van der Waals surface area contributed by atoms with Crippen molar-refractivity contribution in [2.45, 2.75) is 25.4 Å². The van der Waals surface area contributed by atoms with Crippen LogP contribution in [0.4, 0.5) is 13.2 Å². The molecule has 0 amide bonds. The van der Waals surface area contributed by atoms with Crippen LogP contribution in [0.5, 0.6) is 5.75 Å². The maximum Gasteiger partial charge on any atom is 0.416 e. The van der Waals surface area contributed by atoms with Gasteiger partial charge in [-0.1, -0.05) is 0 Å². The Bertz CT molecular complexity index is 388. The maximum atomic E-state index is 12.4. The molecule has 1 heterocycles. The molecule has 1 aromatic carbocycles. The lowest BCUT2D eigenvalue weighted by atomic mass is 9.97. The Morgan fingerprint density at radius 1 is 1.20 bits per heavy atom. The standard InChI is InChI=1S/C14H18F3NO.ClH/c15-14(16,17)12-3-5-13(6-4-12)19-9-7-11-2-1-8-18-10-11;/h3-6,11,18H,1-2,7-10H2;1H. The van der Waals surface area contributed by atoms with E-state index in [0.717, 1.165) is 31.6 Å². The van der Waals surface area contributed by atoms with E-state index in [2.05, 4.69) is 5.32 Å². The van der Waals surface area contributed by atoms with Crippen molar-refractivity contribution in [2.24, 2.45) is 5.92 Å². The second kappa shape index (κ2) is 7.74. The van der Waals surface area contributed by atoms with Gasteiger partial charge < -0.3 is 10.1 Å². The van der Waals surface area contributed by atoms with E-state index in [-0.39, 0.29) is 12.4 Å². The summed E-state index contributed by atoms with van der Waals surface area (Å²) in [4.78, 5) is 0. The normalized spacial score (nSPS) is 19.2. The van der Waals surface area contributed by atoms with Crippen LogP contribution < -0.4 is 10.1 Å². The number of benzene rings is 1. The van der Waals surface area contributed by atoms with Gasteiger partial charge in [0.25, 0.3) is 0 Å². The minimum Gasteiger partial charge on any atom is -0.494 e. The van der Waals surface area contributed by atoms with Gasteiger partial charge in [-0.25, -0.2) is 0 Å². The summed E-state index contributed by atoms with van der Waals surface area (Å²) < 4.78 is 42.6. The molecule has 0 aliphatic carbocycles. The molecule has 2 rings (SSSR count). The van der Waals surface area contributed by atoms with Gasteiger partial charge in [-0.15, -0.1) is 12.4 Å². The zero-order chi connectivity index (χ0) is 13.7. The number of hydrogen-bond acceptors (Lipinski definition) is 2. The van der Waals surface area contributed by atoms with Gasteiger partial charge in [0.2, 0.25) is 0 Å². The van der Waals surface area contributed by atoms with Crippen LogP contribution in [-0.4, -0.2) is 19.7 Å². The third-order valence-corrected chi connectivity index (χ3v) is 3.38. The predicted molar refractivity (Wildman–Crippen MR) is 74.4 cm³/mol. The average Bonchev–Trinajstić information content (AvgIpc) is 2.39. The van der Waals surface area contributed by atoms with Crippen LogP contribution in [0.3, 0.4) is 0 Å². The smallest absolute Gasteiger partial charge is 0.416 e. The Hall–Kier alpha value is -0.940. The topological polar surface area (TPSA) is 21.3 Å². The monoisotopic (exact) mass is 309 g/mol. The Balaban J connectivity index is 0.00000200. The van der Waals surface area contributed by atoms with Gasteiger partial charge in [-0.2, -0.15) is 13.2 Å². The number of ether oxygens (including phenoxy) is 1. The Morgan fingerprint density at radius 3 is 2.45 bits per heavy atom. The first kappa shape index (κ1) is 17.1. The Morgan fingerprint density at radius 2 is 1.90 bits per heavy atom. The van der Waals surface area contributed by atoms with E-state index < -0.39 is 11.7 Å². The average molecular weight is 310 g/mol. The maximum absolute atomic E-state index is 12.4. The molecular formula is C14H19ClF3NO. The minimum atomic E-state index is -4.29. The van der Waals surface area contributed by atoms with Gasteiger partial charge >= 0.3 is 6.18 Å². The Kier molecular flexibility index (Phi) is 6.62. The summed E-state index contributed by atoms with van der Waals surface area (Å²) >= 11 is 0. The van der Waals surface area contributed by atoms with Crippen LogP contribution in [0, 0.1) is 5.92 Å². The van der Waals surface area contributed by atoms with Crippen molar-refractivity contribution in [3.05, 3.63) is 29.8 Å². The van der Waals surface area contributed by atoms with Gasteiger partial charge in [-0.3, -0.25) is 0 Å². The van der Waals surface area contributed by atoms with E-state index in [1.807, 2.05) is 0 Å². The van der Waals surface area contributed by atoms with Crippen molar-refractivity contribution < 1.29 is 17.9 Å². The molecule has 0 aromatic heterocycles. The first-order valence-electron chi connectivity index (χ1n) is 6.56. The molecule has 0 saturated carbocycles. The summed E-state index contributed by atoms with van der Waals surface area (Å²) in [6.45, 7) is 2.64. The molecule has 0 bridgehead atoms. The molecule has 1 atom stereocenters. The molecule has 1 aliphatic rings. The summed E-state index contributed by atoms with van der Waals surface area (Å²) in [7, 11) is 0. The molecule has 0 radical (unpaired) electrons. The second-order valence-electron chi connectivity index (χ2n) is 4.87. The SMILES string of the molecule is Cl.FC(F)(F)c1ccc(OCCC2CCCNC2)cc1.